The molecule has 18 heavy (non-hydrogen) atoms. The Kier molecular flexibility index (Phi) is 4.48. The number of para-hydroxylation sites is 1. The lowest BCUT2D eigenvalue weighted by molar-refractivity contribution is 0.354. The molecule has 0 saturated carbocycles. The molecule has 1 nitrogen and oxygen atoms in total. The second-order valence-corrected chi connectivity index (χ2v) is 5.08. The molecule has 0 atom stereocenters. The monoisotopic (exact) mass is 256 g/mol. The molecule has 0 fully saturated rings. The summed E-state index contributed by atoms with van der Waals surface area (Å²) in [6.45, 7) is 6.29. The summed E-state index contributed by atoms with van der Waals surface area (Å²) in [6.07, 6.45) is 1.76. The van der Waals surface area contributed by atoms with E-state index in [-0.39, 0.29) is 0 Å². The Bertz CT molecular complexity index is 517. The van der Waals surface area contributed by atoms with Crippen LogP contribution in [0, 0.1) is 6.92 Å². The summed E-state index contributed by atoms with van der Waals surface area (Å²) in [4.78, 5) is 2.35. The molecule has 0 radical (unpaired) electrons. The molecule has 0 aliphatic rings. The zero-order valence-electron chi connectivity index (χ0n) is 10.4. The lowest BCUT2D eigenvalue weighted by Crippen LogP contribution is -1.93. The Labute approximate surface area is 112 Å². The Hall–Kier alpha value is -1.67. The Morgan fingerprint density at radius 3 is 2.56 bits per heavy atom. The molecule has 0 heterocycles. The first-order valence-corrected chi connectivity index (χ1v) is 6.68. The molecule has 2 aromatic carbocycles. The van der Waals surface area contributed by atoms with Crippen LogP contribution in [0.5, 0.6) is 5.75 Å². The van der Waals surface area contributed by atoms with Gasteiger partial charge in [0, 0.05) is 4.90 Å². The number of rotatable bonds is 5. The molecule has 92 valence electrons. The Balaban J connectivity index is 2.17. The standard InChI is InChI=1S/C16H16OS/c1-3-12-17-15-6-4-5-7-16(15)18-14-10-8-13(2)9-11-14/h3-11H,1,12H2,2H3. The Morgan fingerprint density at radius 2 is 1.83 bits per heavy atom. The van der Waals surface area contributed by atoms with Crippen molar-refractivity contribution >= 4 is 11.8 Å². The lowest BCUT2D eigenvalue weighted by atomic mass is 10.2. The molecule has 0 unspecified atom stereocenters. The molecule has 0 aromatic heterocycles. The molecule has 0 aliphatic carbocycles. The largest absolute Gasteiger partial charge is 0.488 e. The van der Waals surface area contributed by atoms with E-state index in [9.17, 15) is 0 Å². The third-order valence-corrected chi connectivity index (χ3v) is 3.52. The van der Waals surface area contributed by atoms with E-state index in [1.54, 1.807) is 17.8 Å². The van der Waals surface area contributed by atoms with Crippen LogP contribution in [0.1, 0.15) is 5.56 Å². The van der Waals surface area contributed by atoms with E-state index in [1.807, 2.05) is 18.2 Å². The highest BCUT2D eigenvalue weighted by Crippen LogP contribution is 2.34. The second-order valence-electron chi connectivity index (χ2n) is 3.96. The number of hydrogen-bond donors (Lipinski definition) is 0. The first kappa shape index (κ1) is 12.8. The quantitative estimate of drug-likeness (QED) is 0.716. The van der Waals surface area contributed by atoms with Crippen LogP contribution in [0.4, 0.5) is 0 Å². The fraction of sp³-hybridized carbons (Fsp3) is 0.125. The van der Waals surface area contributed by atoms with Crippen molar-refractivity contribution in [1.82, 2.24) is 0 Å². The number of ether oxygens (including phenoxy) is 1. The van der Waals surface area contributed by atoms with Gasteiger partial charge in [-0.1, -0.05) is 54.2 Å². The predicted octanol–water partition coefficient (Wildman–Crippen LogP) is 4.71. The average molecular weight is 256 g/mol. The highest BCUT2D eigenvalue weighted by molar-refractivity contribution is 7.99. The van der Waals surface area contributed by atoms with E-state index in [0.29, 0.717) is 6.61 Å². The summed E-state index contributed by atoms with van der Waals surface area (Å²) in [5.74, 6) is 0.906. The molecule has 0 saturated heterocycles. The number of benzene rings is 2. The van der Waals surface area contributed by atoms with Crippen LogP contribution in [-0.4, -0.2) is 6.61 Å². The maximum Gasteiger partial charge on any atom is 0.133 e. The fourth-order valence-electron chi connectivity index (χ4n) is 1.54. The molecule has 2 aromatic rings. The van der Waals surface area contributed by atoms with Gasteiger partial charge >= 0.3 is 0 Å². The smallest absolute Gasteiger partial charge is 0.133 e. The van der Waals surface area contributed by atoms with E-state index < -0.39 is 0 Å². The topological polar surface area (TPSA) is 9.23 Å². The van der Waals surface area contributed by atoms with Crippen LogP contribution < -0.4 is 4.74 Å². The minimum atomic E-state index is 0.533. The number of hydrogen-bond acceptors (Lipinski definition) is 2. The molecule has 0 aliphatic heterocycles. The van der Waals surface area contributed by atoms with Crippen LogP contribution in [0.3, 0.4) is 0 Å². The van der Waals surface area contributed by atoms with Gasteiger partial charge in [0.1, 0.15) is 12.4 Å². The minimum Gasteiger partial charge on any atom is -0.488 e. The van der Waals surface area contributed by atoms with Crippen LogP contribution in [-0.2, 0) is 0 Å². The molecule has 0 spiro atoms. The molecule has 0 amide bonds. The molecular formula is C16H16OS. The van der Waals surface area contributed by atoms with E-state index in [2.05, 4.69) is 43.8 Å². The van der Waals surface area contributed by atoms with Crippen LogP contribution in [0.15, 0.2) is 71.0 Å². The van der Waals surface area contributed by atoms with Gasteiger partial charge in [0.05, 0.1) is 4.90 Å². The normalized spacial score (nSPS) is 10.1. The van der Waals surface area contributed by atoms with Crippen molar-refractivity contribution in [3.8, 4) is 5.75 Å². The van der Waals surface area contributed by atoms with Gasteiger partial charge in [0.25, 0.3) is 0 Å². The maximum atomic E-state index is 5.64. The predicted molar refractivity (Wildman–Crippen MR) is 77.4 cm³/mol. The Morgan fingerprint density at radius 1 is 1.11 bits per heavy atom. The van der Waals surface area contributed by atoms with Crippen molar-refractivity contribution < 1.29 is 4.74 Å². The van der Waals surface area contributed by atoms with Crippen molar-refractivity contribution in [3.63, 3.8) is 0 Å². The summed E-state index contributed by atoms with van der Waals surface area (Å²) in [6, 6.07) is 16.6. The minimum absolute atomic E-state index is 0.533. The zero-order valence-corrected chi connectivity index (χ0v) is 11.2. The SMILES string of the molecule is C=CCOc1ccccc1Sc1ccc(C)cc1. The zero-order chi connectivity index (χ0) is 12.8. The number of aryl methyl sites for hydroxylation is 1. The van der Waals surface area contributed by atoms with Crippen molar-refractivity contribution in [2.24, 2.45) is 0 Å². The van der Waals surface area contributed by atoms with Gasteiger partial charge in [-0.15, -0.1) is 0 Å². The van der Waals surface area contributed by atoms with Gasteiger partial charge in [-0.05, 0) is 31.2 Å². The summed E-state index contributed by atoms with van der Waals surface area (Å²) in [5.41, 5.74) is 1.27. The first-order valence-electron chi connectivity index (χ1n) is 5.87. The van der Waals surface area contributed by atoms with Gasteiger partial charge in [0.2, 0.25) is 0 Å². The highest BCUT2D eigenvalue weighted by Gasteiger charge is 2.04. The molecule has 2 rings (SSSR count). The third kappa shape index (κ3) is 3.41. The van der Waals surface area contributed by atoms with Gasteiger partial charge < -0.3 is 4.74 Å². The fourth-order valence-corrected chi connectivity index (χ4v) is 2.44. The van der Waals surface area contributed by atoms with Gasteiger partial charge in [-0.25, -0.2) is 0 Å². The van der Waals surface area contributed by atoms with Crippen LogP contribution in [0.2, 0.25) is 0 Å². The lowest BCUT2D eigenvalue weighted by Gasteiger charge is -2.09. The van der Waals surface area contributed by atoms with Crippen LogP contribution in [0.25, 0.3) is 0 Å². The van der Waals surface area contributed by atoms with Crippen molar-refractivity contribution in [3.05, 3.63) is 66.7 Å². The molecule has 0 bridgehead atoms. The third-order valence-electron chi connectivity index (χ3n) is 2.45. The first-order chi connectivity index (χ1) is 8.79. The maximum absolute atomic E-state index is 5.64. The summed E-state index contributed by atoms with van der Waals surface area (Å²) >= 11 is 1.71. The average Bonchev–Trinajstić information content (AvgIpc) is 2.40. The molecule has 2 heteroatoms. The summed E-state index contributed by atoms with van der Waals surface area (Å²) < 4.78 is 5.64. The highest BCUT2D eigenvalue weighted by atomic mass is 32.2. The van der Waals surface area contributed by atoms with E-state index in [1.165, 1.54) is 10.5 Å². The second kappa shape index (κ2) is 6.31. The van der Waals surface area contributed by atoms with E-state index in [0.717, 1.165) is 10.6 Å². The molecule has 0 N–H and O–H groups in total. The van der Waals surface area contributed by atoms with Crippen molar-refractivity contribution in [2.75, 3.05) is 6.61 Å². The van der Waals surface area contributed by atoms with Gasteiger partial charge in [-0.2, -0.15) is 0 Å². The van der Waals surface area contributed by atoms with Crippen LogP contribution >= 0.6 is 11.8 Å². The van der Waals surface area contributed by atoms with E-state index >= 15 is 0 Å². The summed E-state index contributed by atoms with van der Waals surface area (Å²) in [5, 5.41) is 0. The van der Waals surface area contributed by atoms with Gasteiger partial charge in [0.15, 0.2) is 0 Å². The van der Waals surface area contributed by atoms with Gasteiger partial charge in [-0.3, -0.25) is 0 Å². The van der Waals surface area contributed by atoms with E-state index in [4.69, 9.17) is 4.74 Å². The van der Waals surface area contributed by atoms with Crippen molar-refractivity contribution in [1.29, 1.82) is 0 Å². The molecular weight excluding hydrogens is 240 g/mol. The van der Waals surface area contributed by atoms with Crippen molar-refractivity contribution in [2.45, 2.75) is 16.7 Å². The summed E-state index contributed by atoms with van der Waals surface area (Å²) in [7, 11) is 0.